The molecule has 3 aromatic carbocycles. The number of halogens is 1. The van der Waals surface area contributed by atoms with Gasteiger partial charge in [0.2, 0.25) is 0 Å². The van der Waals surface area contributed by atoms with Crippen LogP contribution in [0.15, 0.2) is 78.4 Å². The molecule has 0 aliphatic heterocycles. The van der Waals surface area contributed by atoms with E-state index in [1.54, 1.807) is 0 Å². The molecule has 1 aliphatic carbocycles. The maximum atomic E-state index is 13.1. The molecule has 0 aromatic heterocycles. The van der Waals surface area contributed by atoms with E-state index in [9.17, 15) is 4.79 Å². The van der Waals surface area contributed by atoms with E-state index in [2.05, 4.69) is 98.9 Å². The molecular weight excluding hydrogens is 464 g/mol. The Kier molecular flexibility index (Phi) is 9.92. The van der Waals surface area contributed by atoms with Crippen molar-refractivity contribution >= 4 is 23.4 Å². The summed E-state index contributed by atoms with van der Waals surface area (Å²) in [6.45, 7) is 10.3. The van der Waals surface area contributed by atoms with Crippen molar-refractivity contribution < 1.29 is 17.2 Å². The predicted molar refractivity (Wildman–Crippen MR) is 151 cm³/mol. The summed E-state index contributed by atoms with van der Waals surface area (Å²) >= 11 is 0. The SMILES string of the molecule is CCC[N+](CCC)(CCC)c1ccc(NC(=O)C2=Cc3cc(-c4ccccc4)ccc3CC2)cc1.[Cl-]. The van der Waals surface area contributed by atoms with E-state index in [-0.39, 0.29) is 18.3 Å². The van der Waals surface area contributed by atoms with E-state index in [0.717, 1.165) is 53.8 Å². The molecule has 0 radical (unpaired) electrons. The summed E-state index contributed by atoms with van der Waals surface area (Å²) in [5.74, 6) is 0.00458. The van der Waals surface area contributed by atoms with Gasteiger partial charge < -0.3 is 17.7 Å². The van der Waals surface area contributed by atoms with Crippen LogP contribution < -0.4 is 22.2 Å². The van der Waals surface area contributed by atoms with Crippen LogP contribution in [0.5, 0.6) is 0 Å². The Morgan fingerprint density at radius 1 is 0.778 bits per heavy atom. The monoisotopic (exact) mass is 502 g/mol. The molecule has 0 atom stereocenters. The molecule has 3 nitrogen and oxygen atoms in total. The second kappa shape index (κ2) is 12.9. The number of hydrogen-bond acceptors (Lipinski definition) is 1. The van der Waals surface area contributed by atoms with Gasteiger partial charge in [0.1, 0.15) is 5.69 Å². The van der Waals surface area contributed by atoms with Gasteiger partial charge in [-0.1, -0.05) is 63.2 Å². The first-order valence-electron chi connectivity index (χ1n) is 13.3. The molecule has 0 unspecified atom stereocenters. The third-order valence-electron chi connectivity index (χ3n) is 7.17. The topological polar surface area (TPSA) is 29.1 Å². The zero-order valence-electron chi connectivity index (χ0n) is 21.9. The largest absolute Gasteiger partial charge is 1.00 e. The van der Waals surface area contributed by atoms with Gasteiger partial charge in [0, 0.05) is 23.4 Å². The maximum absolute atomic E-state index is 13.1. The zero-order chi connectivity index (χ0) is 24.7. The molecule has 0 fully saturated rings. The molecule has 3 aromatic rings. The fourth-order valence-electron chi connectivity index (χ4n) is 5.55. The number of carbonyl (C=O) groups is 1. The van der Waals surface area contributed by atoms with Crippen molar-refractivity contribution in [3.63, 3.8) is 0 Å². The molecule has 190 valence electrons. The highest BCUT2D eigenvalue weighted by Crippen LogP contribution is 2.30. The van der Waals surface area contributed by atoms with Crippen LogP contribution in [0.2, 0.25) is 0 Å². The number of amides is 1. The molecule has 0 saturated carbocycles. The average molecular weight is 503 g/mol. The first kappa shape index (κ1) is 27.7. The first-order valence-corrected chi connectivity index (χ1v) is 13.3. The number of nitrogens with zero attached hydrogens (tertiary/aromatic N) is 1. The lowest BCUT2D eigenvalue weighted by atomic mass is 9.89. The summed E-state index contributed by atoms with van der Waals surface area (Å²) in [6.07, 6.45) is 7.24. The lowest BCUT2D eigenvalue weighted by Gasteiger charge is -2.38. The molecule has 1 N–H and O–H groups in total. The van der Waals surface area contributed by atoms with Gasteiger partial charge in [-0.25, -0.2) is 0 Å². The number of benzene rings is 3. The average Bonchev–Trinajstić information content (AvgIpc) is 2.89. The van der Waals surface area contributed by atoms with Gasteiger partial charge in [0.05, 0.1) is 19.6 Å². The van der Waals surface area contributed by atoms with Crippen LogP contribution in [0, 0.1) is 0 Å². The third-order valence-corrected chi connectivity index (χ3v) is 7.17. The molecule has 0 saturated heterocycles. The Bertz CT molecular complexity index is 1150. The third kappa shape index (κ3) is 6.27. The quantitative estimate of drug-likeness (QED) is 0.394. The summed E-state index contributed by atoms with van der Waals surface area (Å²) in [7, 11) is 0. The highest BCUT2D eigenvalue weighted by atomic mass is 35.5. The molecular formula is C32H39ClN2O. The van der Waals surface area contributed by atoms with Crippen LogP contribution in [-0.4, -0.2) is 25.5 Å². The highest BCUT2D eigenvalue weighted by molar-refractivity contribution is 6.07. The Hall–Kier alpha value is -2.88. The molecule has 36 heavy (non-hydrogen) atoms. The number of nitrogens with one attached hydrogen (secondary N) is 1. The molecule has 0 heterocycles. The van der Waals surface area contributed by atoms with Gasteiger partial charge >= 0.3 is 0 Å². The second-order valence-corrected chi connectivity index (χ2v) is 9.77. The number of rotatable bonds is 10. The molecule has 0 bridgehead atoms. The van der Waals surface area contributed by atoms with Crippen molar-refractivity contribution in [1.29, 1.82) is 0 Å². The number of aryl methyl sites for hydroxylation is 1. The van der Waals surface area contributed by atoms with Crippen LogP contribution in [0.25, 0.3) is 17.2 Å². The Morgan fingerprint density at radius 2 is 1.42 bits per heavy atom. The summed E-state index contributed by atoms with van der Waals surface area (Å²) in [4.78, 5) is 13.1. The van der Waals surface area contributed by atoms with Gasteiger partial charge in [-0.3, -0.25) is 9.28 Å². The molecule has 4 rings (SSSR count). The van der Waals surface area contributed by atoms with E-state index in [1.165, 1.54) is 41.6 Å². The smallest absolute Gasteiger partial charge is 0.251 e. The number of hydrogen-bond donors (Lipinski definition) is 1. The summed E-state index contributed by atoms with van der Waals surface area (Å²) in [6, 6.07) is 25.6. The van der Waals surface area contributed by atoms with Crippen molar-refractivity contribution in [3.8, 4) is 11.1 Å². The number of anilines is 1. The first-order chi connectivity index (χ1) is 17.1. The molecule has 1 aliphatic rings. The van der Waals surface area contributed by atoms with Gasteiger partial charge in [-0.05, 0) is 78.6 Å². The standard InChI is InChI=1S/C32H38N2O.ClH/c1-4-20-34(21-5-2,22-6-3)31-18-16-30(17-19-31)33-32(35)28-15-13-26-12-14-27(23-29(26)24-28)25-10-8-7-9-11-25;/h7-12,14,16-19,23-24H,4-6,13,15,20-22H2,1-3H3;1H. The Labute approximate surface area is 223 Å². The Morgan fingerprint density at radius 3 is 2.03 bits per heavy atom. The predicted octanol–water partition coefficient (Wildman–Crippen LogP) is 4.86. The van der Waals surface area contributed by atoms with Gasteiger partial charge in [0.15, 0.2) is 0 Å². The summed E-state index contributed by atoms with van der Waals surface area (Å²) in [5.41, 5.74) is 7.91. The summed E-state index contributed by atoms with van der Waals surface area (Å²) < 4.78 is 1.03. The van der Waals surface area contributed by atoms with Crippen LogP contribution >= 0.6 is 0 Å². The van der Waals surface area contributed by atoms with Crippen molar-refractivity contribution in [2.75, 3.05) is 25.0 Å². The second-order valence-electron chi connectivity index (χ2n) is 9.77. The molecule has 1 amide bonds. The van der Waals surface area contributed by atoms with Gasteiger partial charge in [-0.15, -0.1) is 0 Å². The van der Waals surface area contributed by atoms with Crippen molar-refractivity contribution in [2.45, 2.75) is 52.9 Å². The fraction of sp³-hybridized carbons (Fsp3) is 0.344. The van der Waals surface area contributed by atoms with Crippen molar-refractivity contribution in [2.24, 2.45) is 0 Å². The number of carbonyl (C=O) groups excluding carboxylic acids is 1. The lowest BCUT2D eigenvalue weighted by Crippen LogP contribution is -3.00. The fourth-order valence-corrected chi connectivity index (χ4v) is 5.55. The van der Waals surface area contributed by atoms with Crippen LogP contribution in [0.1, 0.15) is 57.6 Å². The van der Waals surface area contributed by atoms with E-state index < -0.39 is 0 Å². The van der Waals surface area contributed by atoms with Gasteiger partial charge in [0.25, 0.3) is 5.91 Å². The van der Waals surface area contributed by atoms with Crippen LogP contribution in [0.3, 0.4) is 0 Å². The zero-order valence-corrected chi connectivity index (χ0v) is 22.7. The highest BCUT2D eigenvalue weighted by Gasteiger charge is 2.27. The maximum Gasteiger partial charge on any atom is 0.251 e. The minimum absolute atomic E-state index is 0. The van der Waals surface area contributed by atoms with Crippen LogP contribution in [-0.2, 0) is 11.2 Å². The lowest BCUT2D eigenvalue weighted by molar-refractivity contribution is -0.112. The minimum atomic E-state index is 0. The summed E-state index contributed by atoms with van der Waals surface area (Å²) in [5, 5.41) is 3.15. The van der Waals surface area contributed by atoms with Crippen LogP contribution in [0.4, 0.5) is 11.4 Å². The van der Waals surface area contributed by atoms with Gasteiger partial charge in [-0.2, -0.15) is 0 Å². The Balaban J connectivity index is 0.00000361. The minimum Gasteiger partial charge on any atom is -1.00 e. The molecule has 0 spiro atoms. The number of fused-ring (bicyclic) bond motifs is 1. The van der Waals surface area contributed by atoms with E-state index in [0.29, 0.717) is 0 Å². The van der Waals surface area contributed by atoms with Crippen molar-refractivity contribution in [3.05, 3.63) is 89.5 Å². The van der Waals surface area contributed by atoms with E-state index >= 15 is 0 Å². The van der Waals surface area contributed by atoms with E-state index in [1.807, 2.05) is 6.07 Å². The van der Waals surface area contributed by atoms with Crippen molar-refractivity contribution in [1.82, 2.24) is 4.48 Å². The molecule has 4 heteroatoms. The number of quaternary nitrogens is 1. The van der Waals surface area contributed by atoms with E-state index in [4.69, 9.17) is 0 Å². The normalized spacial score (nSPS) is 12.8.